The number of ether oxygens (including phenoxy) is 1. The molecule has 10 rings (SSSR count). The quantitative estimate of drug-likeness (QED) is 0.121. The van der Waals surface area contributed by atoms with Gasteiger partial charge in [-0.25, -0.2) is 0 Å². The molecule has 4 aliphatic heterocycles. The number of nitrogens with zero attached hydrogens (tertiary/aromatic N) is 7. The van der Waals surface area contributed by atoms with Crippen molar-refractivity contribution < 1.29 is 33.5 Å². The Morgan fingerprint density at radius 3 is 2.19 bits per heavy atom. The second kappa shape index (κ2) is 17.3. The molecule has 1 saturated heterocycles. The summed E-state index contributed by atoms with van der Waals surface area (Å²) in [4.78, 5) is 85.2. The smallest absolute Gasteiger partial charge is 0.266 e. The van der Waals surface area contributed by atoms with Crippen molar-refractivity contribution >= 4 is 86.8 Å². The summed E-state index contributed by atoms with van der Waals surface area (Å²) in [5, 5.41) is 27.6. The highest BCUT2D eigenvalue weighted by Crippen LogP contribution is 2.41. The Bertz CT molecular complexity index is 3190. The molecule has 0 radical (unpaired) electrons. The minimum atomic E-state index is -1.14. The molecule has 4 aliphatic rings. The maximum atomic E-state index is 13.9. The van der Waals surface area contributed by atoms with E-state index in [4.69, 9.17) is 21.3 Å². The Labute approximate surface area is 391 Å². The number of nitrogens with one attached hydrogen (secondary N) is 3. The Morgan fingerprint density at radius 1 is 0.821 bits per heavy atom. The molecule has 3 N–H and O–H groups in total. The molecular formula is C48H39ClN10O7S. The summed E-state index contributed by atoms with van der Waals surface area (Å²) in [6.45, 7) is 5.56. The number of azo groups is 1. The number of rotatable bonds is 9. The largest absolute Gasteiger partial charge is 0.483 e. The number of carbonyl (C=O) groups excluding carboxylic acids is 6. The minimum Gasteiger partial charge on any atom is -0.483 e. The van der Waals surface area contributed by atoms with Crippen LogP contribution in [0, 0.1) is 20.8 Å². The Hall–Kier alpha value is -7.70. The first kappa shape index (κ1) is 43.2. The maximum Gasteiger partial charge on any atom is 0.266 e. The van der Waals surface area contributed by atoms with E-state index in [1.54, 1.807) is 35.6 Å². The van der Waals surface area contributed by atoms with Gasteiger partial charge in [-0.05, 0) is 117 Å². The lowest BCUT2D eigenvalue weighted by Crippen LogP contribution is -2.54. The van der Waals surface area contributed by atoms with Crippen LogP contribution in [0.25, 0.3) is 5.00 Å². The normalized spacial score (nSPS) is 17.2. The number of fused-ring (bicyclic) bond motifs is 6. The fourth-order valence-electron chi connectivity index (χ4n) is 8.76. The summed E-state index contributed by atoms with van der Waals surface area (Å²) in [5.74, 6) is -2.12. The second-order valence-electron chi connectivity index (χ2n) is 16.5. The van der Waals surface area contributed by atoms with Crippen molar-refractivity contribution in [2.75, 3.05) is 17.2 Å². The van der Waals surface area contributed by atoms with E-state index in [9.17, 15) is 28.8 Å². The molecule has 0 spiro atoms. The van der Waals surface area contributed by atoms with Gasteiger partial charge in [0.05, 0.1) is 34.6 Å². The van der Waals surface area contributed by atoms with Gasteiger partial charge in [0.2, 0.25) is 17.7 Å². The van der Waals surface area contributed by atoms with Crippen LogP contribution in [0.15, 0.2) is 94.1 Å². The molecule has 4 aromatic carbocycles. The summed E-state index contributed by atoms with van der Waals surface area (Å²) >= 11 is 7.91. The lowest BCUT2D eigenvalue weighted by Gasteiger charge is -2.27. The highest BCUT2D eigenvalue weighted by atomic mass is 35.5. The van der Waals surface area contributed by atoms with Crippen LogP contribution in [-0.2, 0) is 32.0 Å². The van der Waals surface area contributed by atoms with Gasteiger partial charge in [-0.2, -0.15) is 10.2 Å². The van der Waals surface area contributed by atoms with E-state index >= 15 is 0 Å². The number of amides is 6. The zero-order valence-electron chi connectivity index (χ0n) is 36.2. The number of hydrogen-bond donors (Lipinski definition) is 3. The van der Waals surface area contributed by atoms with E-state index in [1.165, 1.54) is 18.2 Å². The summed E-state index contributed by atoms with van der Waals surface area (Å²) in [5.41, 5.74) is 7.72. The summed E-state index contributed by atoms with van der Waals surface area (Å²) in [6, 6.07) is 20.9. The topological polar surface area (TPSA) is 219 Å². The number of aryl methyl sites for hydroxylation is 4. The van der Waals surface area contributed by atoms with Crippen molar-refractivity contribution in [3.8, 4) is 10.8 Å². The van der Waals surface area contributed by atoms with Crippen molar-refractivity contribution in [1.29, 1.82) is 0 Å². The second-order valence-corrected chi connectivity index (χ2v) is 18.1. The van der Waals surface area contributed by atoms with Crippen molar-refractivity contribution in [1.82, 2.24) is 25.0 Å². The number of hydrogen-bond acceptors (Lipinski definition) is 13. The first-order valence-electron chi connectivity index (χ1n) is 21.4. The molecule has 0 bridgehead atoms. The highest BCUT2D eigenvalue weighted by Gasteiger charge is 2.46. The predicted octanol–water partition coefficient (Wildman–Crippen LogP) is 7.76. The molecule has 6 amide bonds. The molecule has 17 nitrogen and oxygen atoms in total. The number of aliphatic imine (C=N–C) groups is 1. The monoisotopic (exact) mass is 934 g/mol. The predicted molar refractivity (Wildman–Crippen MR) is 248 cm³/mol. The first-order valence-corrected chi connectivity index (χ1v) is 22.6. The van der Waals surface area contributed by atoms with Crippen LogP contribution < -0.4 is 20.7 Å². The zero-order chi connectivity index (χ0) is 46.7. The van der Waals surface area contributed by atoms with E-state index in [0.29, 0.717) is 52.3 Å². The van der Waals surface area contributed by atoms with Gasteiger partial charge in [-0.3, -0.25) is 48.5 Å². The number of halogens is 1. The number of piperidine rings is 1. The third-order valence-corrected chi connectivity index (χ3v) is 13.6. The lowest BCUT2D eigenvalue weighted by atomic mass is 9.99. The van der Waals surface area contributed by atoms with Crippen molar-refractivity contribution in [2.24, 2.45) is 15.2 Å². The minimum absolute atomic E-state index is 0.000406. The van der Waals surface area contributed by atoms with Crippen LogP contribution in [0.3, 0.4) is 0 Å². The molecule has 2 atom stereocenters. The van der Waals surface area contributed by atoms with Gasteiger partial charge in [0, 0.05) is 38.8 Å². The maximum absolute atomic E-state index is 13.9. The Balaban J connectivity index is 0.807. The fourth-order valence-corrected chi connectivity index (χ4v) is 10.1. The van der Waals surface area contributed by atoms with Gasteiger partial charge >= 0.3 is 0 Å². The van der Waals surface area contributed by atoms with Crippen molar-refractivity contribution in [3.05, 3.63) is 139 Å². The van der Waals surface area contributed by atoms with Gasteiger partial charge in [0.25, 0.3) is 17.7 Å². The number of carbonyl (C=O) groups is 6. The van der Waals surface area contributed by atoms with Crippen LogP contribution >= 0.6 is 22.9 Å². The van der Waals surface area contributed by atoms with Gasteiger partial charge < -0.3 is 15.4 Å². The van der Waals surface area contributed by atoms with Crippen LogP contribution in [0.5, 0.6) is 5.75 Å². The highest BCUT2D eigenvalue weighted by molar-refractivity contribution is 7.15. The number of aromatic nitrogens is 3. The van der Waals surface area contributed by atoms with Gasteiger partial charge in [0.1, 0.15) is 28.7 Å². The first-order chi connectivity index (χ1) is 32.3. The molecule has 6 heterocycles. The van der Waals surface area contributed by atoms with E-state index in [1.807, 2.05) is 47.9 Å². The zero-order valence-corrected chi connectivity index (χ0v) is 37.7. The average molecular weight is 935 g/mol. The molecule has 0 saturated carbocycles. The third-order valence-electron chi connectivity index (χ3n) is 12.2. The van der Waals surface area contributed by atoms with Crippen molar-refractivity contribution in [2.45, 2.75) is 65.0 Å². The molecule has 1 fully saturated rings. The van der Waals surface area contributed by atoms with Crippen LogP contribution in [0.4, 0.5) is 22.7 Å². The van der Waals surface area contributed by atoms with Crippen LogP contribution in [-0.4, -0.2) is 73.5 Å². The Kier molecular flexibility index (Phi) is 11.1. The van der Waals surface area contributed by atoms with Gasteiger partial charge in [0.15, 0.2) is 12.4 Å². The number of thiophene rings is 1. The van der Waals surface area contributed by atoms with E-state index in [0.717, 1.165) is 48.3 Å². The number of anilines is 2. The molecule has 6 aromatic rings. The van der Waals surface area contributed by atoms with Crippen LogP contribution in [0.1, 0.15) is 90.4 Å². The lowest BCUT2D eigenvalue weighted by molar-refractivity contribution is -0.136. The summed E-state index contributed by atoms with van der Waals surface area (Å²) < 4.78 is 7.78. The molecular weight excluding hydrogens is 896 g/mol. The molecule has 2 unspecified atom stereocenters. The SMILES string of the molecule is Cc1sc2c(c1C)C(c1ccc(Cl)cc1)=NC(CC(=O)Nc1ccc3c(c1)CCc1cc(NC(=O)COc4cccc5c4C(=O)N(C4CCC(=O)NC4=O)C5=O)ccc1N=N3)c1nnc(C)n1-2. The van der Waals surface area contributed by atoms with E-state index in [2.05, 4.69) is 50.2 Å². The molecule has 67 heavy (non-hydrogen) atoms. The summed E-state index contributed by atoms with van der Waals surface area (Å²) in [7, 11) is 0. The van der Waals surface area contributed by atoms with E-state index < -0.39 is 48.2 Å². The van der Waals surface area contributed by atoms with Gasteiger partial charge in [-0.1, -0.05) is 29.8 Å². The molecule has 336 valence electrons. The standard InChI is InChI=1S/C48H39ClN10O7S/c1-23-24(2)67-48-41(23)43(26-9-11-29(49)12-10-26)52-35(44-57-54-25(3)58(44)48)21-39(61)50-30-13-15-33-27(19-30)7-8-28-20-31(14-16-34(28)56-55-33)51-40(62)22-66-37-6-4-5-32-42(37)47(65)59(46(32)64)36-17-18-38(60)53-45(36)63/h4-6,9-16,19-20,35-36H,7-8,17-18,21-22H2,1-3H3,(H,50,61)(H,51,62)(H,53,60,63). The van der Waals surface area contributed by atoms with E-state index in [-0.39, 0.29) is 42.0 Å². The summed E-state index contributed by atoms with van der Waals surface area (Å²) in [6.07, 6.45) is 1.09. The number of benzene rings is 4. The Morgan fingerprint density at radius 2 is 1.51 bits per heavy atom. The fraction of sp³-hybridized carbons (Fsp3) is 0.229. The average Bonchev–Trinajstić information content (AvgIpc) is 3.88. The third kappa shape index (κ3) is 8.07. The van der Waals surface area contributed by atoms with Gasteiger partial charge in [-0.15, -0.1) is 21.5 Å². The number of imide groups is 2. The molecule has 0 aliphatic carbocycles. The molecule has 2 aromatic heterocycles. The van der Waals surface area contributed by atoms with Crippen LogP contribution in [0.2, 0.25) is 5.02 Å². The van der Waals surface area contributed by atoms with Crippen molar-refractivity contribution in [3.63, 3.8) is 0 Å². The molecule has 19 heteroatoms.